The molecule has 0 aromatic rings. The van der Waals surface area contributed by atoms with Crippen LogP contribution in [0.2, 0.25) is 6.82 Å². The molecular weight excluding hydrogens is 98.5 g/mol. The van der Waals surface area contributed by atoms with Crippen molar-refractivity contribution in [3.8, 4) is 0 Å². The molecule has 0 saturated heterocycles. The van der Waals surface area contributed by atoms with Crippen molar-refractivity contribution in [2.24, 2.45) is 0 Å². The largest absolute Gasteiger partial charge is 0.101 e. The van der Waals surface area contributed by atoms with Crippen molar-refractivity contribution >= 4 is 57.3 Å². The molecule has 0 N–H and O–H groups in total. The Morgan fingerprint density at radius 1 is 1.22 bits per heavy atom. The van der Waals surface area contributed by atoms with Crippen molar-refractivity contribution in [1.29, 1.82) is 0 Å². The molecule has 0 spiro atoms. The zero-order valence-corrected chi connectivity index (χ0v) is 5.62. The first-order valence-electron chi connectivity index (χ1n) is 2.91. The molecule has 0 heterocycles. The summed E-state index contributed by atoms with van der Waals surface area (Å²) in [5, 5.41) is 0. The first-order valence-corrected chi connectivity index (χ1v) is 2.91. The third kappa shape index (κ3) is 3.27. The maximum atomic E-state index is 5.48. The zero-order chi connectivity index (χ0) is 7.44. The van der Waals surface area contributed by atoms with E-state index in [0.717, 1.165) is 0 Å². The molecule has 0 unspecified atom stereocenters. The highest BCUT2D eigenvalue weighted by Crippen LogP contribution is 1.84. The van der Waals surface area contributed by atoms with Crippen molar-refractivity contribution in [3.63, 3.8) is 0 Å². The van der Waals surface area contributed by atoms with Crippen LogP contribution in [0.25, 0.3) is 0 Å². The highest BCUT2D eigenvalue weighted by Gasteiger charge is 2.18. The van der Waals surface area contributed by atoms with Crippen LogP contribution in [-0.4, -0.2) is 57.3 Å². The van der Waals surface area contributed by atoms with Gasteiger partial charge in [-0.2, -0.15) is 0 Å². The number of hydrogen-bond acceptors (Lipinski definition) is 0. The second-order valence-corrected chi connectivity index (χ2v) is 2.21. The van der Waals surface area contributed by atoms with Gasteiger partial charge in [-0.1, -0.05) is 0 Å². The van der Waals surface area contributed by atoms with Crippen molar-refractivity contribution in [3.05, 3.63) is 0 Å². The Morgan fingerprint density at radius 2 is 1.67 bits per heavy atom. The molecule has 9 radical (unpaired) electrons. The molecule has 0 rings (SSSR count). The van der Waals surface area contributed by atoms with E-state index in [4.69, 9.17) is 30.9 Å². The Morgan fingerprint density at radius 3 is 1.78 bits per heavy atom. The van der Waals surface area contributed by atoms with Crippen molar-refractivity contribution in [2.45, 2.75) is 6.82 Å². The minimum atomic E-state index is -0.389. The van der Waals surface area contributed by atoms with Crippen LogP contribution in [0.15, 0.2) is 0 Å². The van der Waals surface area contributed by atoms with Gasteiger partial charge in [0.1, 0.15) is 0 Å². The van der Waals surface area contributed by atoms with Gasteiger partial charge >= 0.3 is 0 Å². The molecule has 0 bridgehead atoms. The number of hydrogen-bond donors (Lipinski definition) is 0. The molecule has 0 atom stereocenters. The van der Waals surface area contributed by atoms with Crippen molar-refractivity contribution < 1.29 is 0 Å². The second-order valence-electron chi connectivity index (χ2n) is 2.21. The van der Waals surface area contributed by atoms with Crippen LogP contribution in [0.4, 0.5) is 0 Å². The standard InChI is InChI=1S/CH3B8/c1-7(8(3)4)9(5)6-2/h1H3. The highest BCUT2D eigenvalue weighted by atomic mass is 13.1. The predicted octanol–water partition coefficient (Wildman–Crippen LogP) is -2.46. The average molecular weight is 102 g/mol. The van der Waals surface area contributed by atoms with E-state index in [1.165, 1.54) is 7.06 Å². The average Bonchev–Trinajstić information content (AvgIpc) is 1.84. The molecule has 0 aliphatic rings. The van der Waals surface area contributed by atoms with E-state index in [9.17, 15) is 0 Å². The molecule has 0 aliphatic carbocycles. The summed E-state index contributed by atoms with van der Waals surface area (Å²) in [5.41, 5.74) is 0. The Balaban J connectivity index is 3.58. The summed E-state index contributed by atoms with van der Waals surface area (Å²) in [6, 6.07) is 0. The van der Waals surface area contributed by atoms with Gasteiger partial charge in [-0.15, -0.1) is 6.82 Å². The summed E-state index contributed by atoms with van der Waals surface area (Å²) in [6.45, 7) is 1.90. The second kappa shape index (κ2) is 4.35. The topological polar surface area (TPSA) is 0 Å². The summed E-state index contributed by atoms with van der Waals surface area (Å²) in [6.07, 6.45) is -0.593. The lowest BCUT2D eigenvalue weighted by Crippen LogP contribution is -2.52. The molecule has 0 nitrogen and oxygen atoms in total. The van der Waals surface area contributed by atoms with Crippen molar-refractivity contribution in [2.75, 3.05) is 0 Å². The smallest absolute Gasteiger partial charge is 0.0413 e. The van der Waals surface area contributed by atoms with E-state index in [-0.39, 0.29) is 19.3 Å². The summed E-state index contributed by atoms with van der Waals surface area (Å²) >= 11 is 0. The first kappa shape index (κ1) is 9.52. The van der Waals surface area contributed by atoms with Gasteiger partial charge in [-0.05, 0) is 0 Å². The Kier molecular flexibility index (Phi) is 4.60. The summed E-state index contributed by atoms with van der Waals surface area (Å²) in [5.74, 6) is 0. The minimum Gasteiger partial charge on any atom is -0.101 e. The van der Waals surface area contributed by atoms with Gasteiger partial charge in [0.15, 0.2) is 0 Å². The van der Waals surface area contributed by atoms with Crippen LogP contribution in [0, 0.1) is 0 Å². The van der Waals surface area contributed by atoms with Gasteiger partial charge in [0.2, 0.25) is 0 Å². The maximum Gasteiger partial charge on any atom is 0.0413 e. The Bertz CT molecular complexity index is 69.0. The lowest BCUT2D eigenvalue weighted by Gasteiger charge is -2.15. The SMILES string of the molecule is [B][B]B([B])B(C)B([B])[B]. The van der Waals surface area contributed by atoms with E-state index in [1.807, 2.05) is 6.82 Å². The van der Waals surface area contributed by atoms with Crippen molar-refractivity contribution in [1.82, 2.24) is 0 Å². The fourth-order valence-corrected chi connectivity index (χ4v) is 0.432. The van der Waals surface area contributed by atoms with Crippen LogP contribution in [0.3, 0.4) is 0 Å². The Hall–Kier alpha value is 0.519. The molecule has 31 valence electrons. The molecule has 8 heteroatoms. The van der Waals surface area contributed by atoms with Crippen LogP contribution < -0.4 is 0 Å². The molecule has 0 aromatic heterocycles. The highest BCUT2D eigenvalue weighted by molar-refractivity contribution is 7.85. The summed E-state index contributed by atoms with van der Waals surface area (Å²) in [4.78, 5) is 0. The zero-order valence-electron chi connectivity index (χ0n) is 5.62. The third-order valence-electron chi connectivity index (χ3n) is 1.44. The first-order chi connectivity index (χ1) is 4.09. The van der Waals surface area contributed by atoms with E-state index >= 15 is 0 Å². The quantitative estimate of drug-likeness (QED) is 0.346. The fourth-order valence-electron chi connectivity index (χ4n) is 0.432. The molecule has 0 fully saturated rings. The molecule has 0 aromatic carbocycles. The van der Waals surface area contributed by atoms with Gasteiger partial charge in [0, 0.05) is 57.3 Å². The number of rotatable bonds is 3. The monoisotopic (exact) mass is 103 g/mol. The van der Waals surface area contributed by atoms with E-state index in [2.05, 4.69) is 0 Å². The summed E-state index contributed by atoms with van der Waals surface area (Å²) in [7, 11) is 22.7. The van der Waals surface area contributed by atoms with E-state index in [1.54, 1.807) is 0 Å². The molecule has 0 aliphatic heterocycles. The van der Waals surface area contributed by atoms with Crippen LogP contribution >= 0.6 is 0 Å². The fraction of sp³-hybridized carbons (Fsp3) is 1.00. The van der Waals surface area contributed by atoms with Gasteiger partial charge < -0.3 is 0 Å². The lowest BCUT2D eigenvalue weighted by molar-refractivity contribution is 2.33. The van der Waals surface area contributed by atoms with Gasteiger partial charge in [-0.25, -0.2) is 0 Å². The Labute approximate surface area is 64.7 Å². The molecule has 9 heavy (non-hydrogen) atoms. The lowest BCUT2D eigenvalue weighted by atomic mass is 8.70. The van der Waals surface area contributed by atoms with Crippen LogP contribution in [-0.2, 0) is 0 Å². The van der Waals surface area contributed by atoms with Gasteiger partial charge in [0.05, 0.1) is 0 Å². The molecular formula is CH3B8. The minimum absolute atomic E-state index is 0.0370. The van der Waals surface area contributed by atoms with Crippen LogP contribution in [0.1, 0.15) is 0 Å². The van der Waals surface area contributed by atoms with Crippen LogP contribution in [0.5, 0.6) is 0 Å². The van der Waals surface area contributed by atoms with E-state index < -0.39 is 0 Å². The molecule has 0 amide bonds. The maximum absolute atomic E-state index is 5.48. The normalized spacial score (nSPS) is 8.11. The van der Waals surface area contributed by atoms with E-state index in [0.29, 0.717) is 0 Å². The van der Waals surface area contributed by atoms with Gasteiger partial charge in [0.25, 0.3) is 0 Å². The predicted molar refractivity (Wildman–Crippen MR) is 51.9 cm³/mol. The summed E-state index contributed by atoms with van der Waals surface area (Å²) < 4.78 is 0. The van der Waals surface area contributed by atoms with Gasteiger partial charge in [-0.3, -0.25) is 0 Å². The molecule has 0 saturated carbocycles. The third-order valence-corrected chi connectivity index (χ3v) is 1.44.